The van der Waals surface area contributed by atoms with Gasteiger partial charge in [0.2, 0.25) is 0 Å². The zero-order valence-corrected chi connectivity index (χ0v) is 20.0. The van der Waals surface area contributed by atoms with E-state index in [1.807, 2.05) is 29.2 Å². The van der Waals surface area contributed by atoms with Gasteiger partial charge in [-0.25, -0.2) is 15.0 Å². The van der Waals surface area contributed by atoms with E-state index in [2.05, 4.69) is 15.0 Å². The third kappa shape index (κ3) is 3.81. The first kappa shape index (κ1) is 21.5. The van der Waals surface area contributed by atoms with Crippen molar-refractivity contribution in [2.75, 3.05) is 29.5 Å². The second kappa shape index (κ2) is 8.61. The summed E-state index contributed by atoms with van der Waals surface area (Å²) in [5.41, 5.74) is 18.6. The minimum Gasteiger partial charge on any atom is -0.485 e. The largest absolute Gasteiger partial charge is 0.485 e. The maximum atomic E-state index is 12.5. The van der Waals surface area contributed by atoms with Gasteiger partial charge in [-0.15, -0.1) is 0 Å². The lowest BCUT2D eigenvalue weighted by molar-refractivity contribution is 0.0430. The molecule has 1 saturated heterocycles. The molecule has 0 radical (unpaired) electrons. The van der Waals surface area contributed by atoms with Crippen LogP contribution < -0.4 is 26.8 Å². The van der Waals surface area contributed by atoms with Crippen LogP contribution in [0.2, 0.25) is 5.02 Å². The van der Waals surface area contributed by atoms with Crippen molar-refractivity contribution in [1.29, 1.82) is 0 Å². The SMILES string of the molecule is [2H][C@@]1(N)c2ccccc2OC12CCN(c1nc(N)c(Sc3ccnc(N)c3Cl)nc1C(C)=O)CC2. The quantitative estimate of drug-likeness (QED) is 0.456. The monoisotopic (exact) mass is 498 g/mol. The number of carbonyl (C=O) groups excluding carboxylic acids is 1. The topological polar surface area (TPSA) is 146 Å². The summed E-state index contributed by atoms with van der Waals surface area (Å²) in [4.78, 5) is 28.1. The van der Waals surface area contributed by atoms with Crippen LogP contribution in [0.15, 0.2) is 46.5 Å². The molecule has 9 nitrogen and oxygen atoms in total. The zero-order chi connectivity index (χ0) is 25.0. The molecule has 1 spiro atoms. The van der Waals surface area contributed by atoms with Gasteiger partial charge in [-0.2, -0.15) is 0 Å². The minimum atomic E-state index is -1.38. The number of nitrogen functional groups attached to an aromatic ring is 2. The molecule has 1 aromatic carbocycles. The summed E-state index contributed by atoms with van der Waals surface area (Å²) in [7, 11) is 0. The molecule has 11 heteroatoms. The Bertz CT molecular complexity index is 1330. The summed E-state index contributed by atoms with van der Waals surface area (Å²) in [6.45, 7) is 2.38. The van der Waals surface area contributed by atoms with E-state index in [1.165, 1.54) is 24.9 Å². The van der Waals surface area contributed by atoms with Crippen LogP contribution in [0, 0.1) is 0 Å². The first-order valence-corrected chi connectivity index (χ1v) is 11.9. The molecular weight excluding hydrogens is 474 g/mol. The molecular formula is C23H24ClN7O2S. The van der Waals surface area contributed by atoms with Gasteiger partial charge in [-0.1, -0.05) is 41.6 Å². The van der Waals surface area contributed by atoms with Gasteiger partial charge in [0.1, 0.15) is 27.9 Å². The fourth-order valence-corrected chi connectivity index (χ4v) is 5.37. The molecule has 3 aromatic rings. The Morgan fingerprint density at radius 2 is 1.97 bits per heavy atom. The summed E-state index contributed by atoms with van der Waals surface area (Å²) in [6, 6.07) is 7.71. The number of anilines is 3. The second-order valence-electron chi connectivity index (χ2n) is 8.25. The van der Waals surface area contributed by atoms with Gasteiger partial charge in [0.15, 0.2) is 17.4 Å². The summed E-state index contributed by atoms with van der Waals surface area (Å²) in [5.74, 6) is 1.16. The molecule has 2 aromatic heterocycles. The predicted molar refractivity (Wildman–Crippen MR) is 132 cm³/mol. The maximum absolute atomic E-state index is 12.5. The third-order valence-electron chi connectivity index (χ3n) is 6.14. The van der Waals surface area contributed by atoms with E-state index >= 15 is 0 Å². The van der Waals surface area contributed by atoms with Crippen molar-refractivity contribution >= 4 is 46.6 Å². The number of ketones is 1. The van der Waals surface area contributed by atoms with Crippen LogP contribution in [0.1, 0.15) is 43.2 Å². The van der Waals surface area contributed by atoms with Gasteiger partial charge in [0, 0.05) is 49.5 Å². The molecule has 176 valence electrons. The predicted octanol–water partition coefficient (Wildman–Crippen LogP) is 3.47. The van der Waals surface area contributed by atoms with Crippen molar-refractivity contribution in [2.45, 2.75) is 41.3 Å². The van der Waals surface area contributed by atoms with Crippen LogP contribution in [0.4, 0.5) is 17.5 Å². The molecule has 0 bridgehead atoms. The molecule has 1 fully saturated rings. The van der Waals surface area contributed by atoms with Crippen molar-refractivity contribution in [2.24, 2.45) is 5.73 Å². The fourth-order valence-electron chi connectivity index (χ4n) is 4.32. The van der Waals surface area contributed by atoms with Crippen LogP contribution in [0.5, 0.6) is 5.75 Å². The summed E-state index contributed by atoms with van der Waals surface area (Å²) in [6.07, 6.45) is 2.48. The Morgan fingerprint density at radius 3 is 2.68 bits per heavy atom. The van der Waals surface area contributed by atoms with Gasteiger partial charge in [-0.05, 0) is 12.1 Å². The number of Topliss-reactive ketones (excluding diaryl/α,β-unsaturated/α-hetero) is 1. The highest BCUT2D eigenvalue weighted by atomic mass is 35.5. The Labute approximate surface area is 207 Å². The van der Waals surface area contributed by atoms with Crippen molar-refractivity contribution in [1.82, 2.24) is 15.0 Å². The van der Waals surface area contributed by atoms with Gasteiger partial charge in [-0.3, -0.25) is 4.79 Å². The number of carbonyl (C=O) groups is 1. The van der Waals surface area contributed by atoms with E-state index in [0.29, 0.717) is 53.0 Å². The molecule has 0 saturated carbocycles. The van der Waals surface area contributed by atoms with E-state index in [-0.39, 0.29) is 28.1 Å². The molecule has 5 rings (SSSR count). The van der Waals surface area contributed by atoms with Gasteiger partial charge < -0.3 is 26.8 Å². The molecule has 6 N–H and O–H groups in total. The molecule has 0 aliphatic carbocycles. The number of nitrogens with zero attached hydrogens (tertiary/aromatic N) is 4. The standard InChI is InChI=1S/C23H24ClN7O2S/c1-12(32)17-21(30-20(27)22(29-17)34-15-6-9-28-19(26)16(15)24)31-10-7-23(8-11-31)18(25)13-4-2-3-5-14(13)33-23/h2-6,9,18H,7-8,10-11,25H2,1H3,(H2,26,28)(H2,27,30)/t18-/m1/s1/i18D. The van der Waals surface area contributed by atoms with Crippen molar-refractivity contribution < 1.29 is 10.9 Å². The molecule has 2 aliphatic rings. The van der Waals surface area contributed by atoms with Crippen LogP contribution in [-0.2, 0) is 0 Å². The molecule has 4 heterocycles. The number of halogens is 1. The molecule has 0 unspecified atom stereocenters. The highest BCUT2D eigenvalue weighted by Gasteiger charge is 2.48. The summed E-state index contributed by atoms with van der Waals surface area (Å²) in [5, 5.41) is 0.633. The third-order valence-corrected chi connectivity index (χ3v) is 7.70. The van der Waals surface area contributed by atoms with Crippen LogP contribution in [-0.4, -0.2) is 39.4 Å². The van der Waals surface area contributed by atoms with Gasteiger partial charge >= 0.3 is 0 Å². The molecule has 2 aliphatic heterocycles. The molecule has 1 atom stereocenters. The number of pyridine rings is 1. The number of hydrogen-bond donors (Lipinski definition) is 3. The minimum absolute atomic E-state index is 0.167. The lowest BCUT2D eigenvalue weighted by Crippen LogP contribution is -2.52. The normalized spacial score (nSPS) is 21.1. The second-order valence-corrected chi connectivity index (χ2v) is 9.65. The van der Waals surface area contributed by atoms with Crippen LogP contribution in [0.3, 0.4) is 0 Å². The van der Waals surface area contributed by atoms with E-state index in [9.17, 15) is 4.79 Å². The van der Waals surface area contributed by atoms with Gasteiger partial charge in [0.05, 0.1) is 12.4 Å². The van der Waals surface area contributed by atoms with E-state index in [4.69, 9.17) is 34.9 Å². The first-order chi connectivity index (χ1) is 16.6. The van der Waals surface area contributed by atoms with Crippen LogP contribution >= 0.6 is 23.4 Å². The van der Waals surface area contributed by atoms with Crippen molar-refractivity contribution in [3.05, 3.63) is 52.8 Å². The van der Waals surface area contributed by atoms with E-state index < -0.39 is 11.6 Å². The zero-order valence-electron chi connectivity index (χ0n) is 19.4. The number of fused-ring (bicyclic) bond motifs is 1. The molecule has 0 amide bonds. The lowest BCUT2D eigenvalue weighted by Gasteiger charge is -2.41. The number of hydrogen-bond acceptors (Lipinski definition) is 10. The number of aromatic nitrogens is 3. The highest BCUT2D eigenvalue weighted by Crippen LogP contribution is 2.47. The summed E-state index contributed by atoms with van der Waals surface area (Å²) < 4.78 is 15.1. The average Bonchev–Trinajstić information content (AvgIpc) is 3.04. The number of rotatable bonds is 4. The van der Waals surface area contributed by atoms with Crippen molar-refractivity contribution in [3.8, 4) is 5.75 Å². The maximum Gasteiger partial charge on any atom is 0.181 e. The Morgan fingerprint density at radius 1 is 1.24 bits per heavy atom. The van der Waals surface area contributed by atoms with E-state index in [1.54, 1.807) is 6.07 Å². The van der Waals surface area contributed by atoms with E-state index in [0.717, 1.165) is 0 Å². The van der Waals surface area contributed by atoms with Gasteiger partial charge in [0.25, 0.3) is 0 Å². The first-order valence-electron chi connectivity index (χ1n) is 11.2. The Kier molecular flexibility index (Phi) is 5.43. The number of nitrogens with two attached hydrogens (primary N) is 3. The number of ether oxygens (including phenoxy) is 1. The Balaban J connectivity index is 1.42. The number of benzene rings is 1. The highest BCUT2D eigenvalue weighted by molar-refractivity contribution is 7.99. The fraction of sp³-hybridized carbons (Fsp3) is 0.304. The Hall–Kier alpha value is -3.08. The van der Waals surface area contributed by atoms with Crippen molar-refractivity contribution in [3.63, 3.8) is 0 Å². The summed E-state index contributed by atoms with van der Waals surface area (Å²) >= 11 is 7.42. The number of piperidine rings is 1. The smallest absolute Gasteiger partial charge is 0.181 e. The van der Waals surface area contributed by atoms with Crippen LogP contribution in [0.25, 0.3) is 0 Å². The molecule has 34 heavy (non-hydrogen) atoms. The lowest BCUT2D eigenvalue weighted by atomic mass is 9.83. The number of para-hydroxylation sites is 1. The average molecular weight is 499 g/mol.